The second kappa shape index (κ2) is 14.1. The van der Waals surface area contributed by atoms with Crippen LogP contribution in [0.5, 0.6) is 17.2 Å². The third-order valence-electron chi connectivity index (χ3n) is 8.32. The van der Waals surface area contributed by atoms with E-state index in [9.17, 15) is 29.7 Å². The standard InChI is InChI=1S/C36H38ClNO11/c1-17(2)7-9-19-15-20(10-13-24(19)39)25(40)16-22-28(41)21-11-14-26(27(37)30(21)47-33(22)43)46-35-29(42)31(32(45-6)36(4,5)49-35)48-34(44)23-12-8-18(3)38-23/h7-8,10-15,29,31-32,35,38-39,41-42H,9,16H2,1-6H3/t29-,31+,32-,35-/m1/s1. The lowest BCUT2D eigenvalue weighted by atomic mass is 9.89. The molecule has 4 N–H and O–H groups in total. The summed E-state index contributed by atoms with van der Waals surface area (Å²) in [7, 11) is 1.40. The lowest BCUT2D eigenvalue weighted by Gasteiger charge is -2.47. The molecule has 13 heteroatoms. The number of aromatic nitrogens is 1. The topological polar surface area (TPSA) is 178 Å². The predicted octanol–water partition coefficient (Wildman–Crippen LogP) is 5.54. The molecule has 1 saturated heterocycles. The van der Waals surface area contributed by atoms with Gasteiger partial charge in [-0.05, 0) is 89.1 Å². The summed E-state index contributed by atoms with van der Waals surface area (Å²) in [6.07, 6.45) is -3.26. The lowest BCUT2D eigenvalue weighted by Crippen LogP contribution is -2.65. The van der Waals surface area contributed by atoms with Crippen molar-refractivity contribution in [3.05, 3.63) is 97.6 Å². The van der Waals surface area contributed by atoms with Crippen LogP contribution in [0.2, 0.25) is 5.02 Å². The summed E-state index contributed by atoms with van der Waals surface area (Å²) in [5, 5.41) is 32.4. The molecule has 12 nitrogen and oxygen atoms in total. The van der Waals surface area contributed by atoms with E-state index in [-0.39, 0.29) is 44.3 Å². The Kier molecular flexibility index (Phi) is 10.3. The molecule has 3 heterocycles. The van der Waals surface area contributed by atoms with Crippen LogP contribution in [-0.4, -0.2) is 69.4 Å². The van der Waals surface area contributed by atoms with Crippen LogP contribution >= 0.6 is 11.6 Å². The van der Waals surface area contributed by atoms with E-state index in [4.69, 9.17) is 35.0 Å². The summed E-state index contributed by atoms with van der Waals surface area (Å²) < 4.78 is 28.7. The Morgan fingerprint density at radius 1 is 1.10 bits per heavy atom. The zero-order valence-corrected chi connectivity index (χ0v) is 28.6. The highest BCUT2D eigenvalue weighted by molar-refractivity contribution is 6.36. The van der Waals surface area contributed by atoms with E-state index in [0.717, 1.165) is 11.3 Å². The highest BCUT2D eigenvalue weighted by atomic mass is 35.5. The van der Waals surface area contributed by atoms with E-state index in [1.807, 2.05) is 19.9 Å². The van der Waals surface area contributed by atoms with E-state index < -0.39 is 59.8 Å². The highest BCUT2D eigenvalue weighted by Gasteiger charge is 2.53. The van der Waals surface area contributed by atoms with Crippen molar-refractivity contribution >= 4 is 34.3 Å². The van der Waals surface area contributed by atoms with Gasteiger partial charge in [-0.3, -0.25) is 4.79 Å². The molecule has 0 unspecified atom stereocenters. The number of phenols is 1. The molecule has 5 rings (SSSR count). The normalized spacial score (nSPS) is 20.2. The SMILES string of the molecule is CO[C@@H]1[C@@H](OC(=O)c2ccc(C)[nH]2)[C@@H](O)[C@H](Oc2ccc3c(O)c(CC(=O)c4ccc(O)c(CC=C(C)C)c4)c(=O)oc3c2Cl)OC1(C)C. The average Bonchev–Trinajstić information content (AvgIpc) is 3.48. The third kappa shape index (κ3) is 7.37. The van der Waals surface area contributed by atoms with E-state index >= 15 is 0 Å². The summed E-state index contributed by atoms with van der Waals surface area (Å²) >= 11 is 6.61. The van der Waals surface area contributed by atoms with Gasteiger partial charge in [-0.1, -0.05) is 23.3 Å². The van der Waals surface area contributed by atoms with Gasteiger partial charge in [-0.15, -0.1) is 0 Å². The number of ketones is 1. The molecule has 1 aliphatic heterocycles. The van der Waals surface area contributed by atoms with Crippen LogP contribution in [0.15, 0.2) is 63.3 Å². The van der Waals surface area contributed by atoms with Crippen LogP contribution in [0.25, 0.3) is 11.0 Å². The Morgan fingerprint density at radius 3 is 2.49 bits per heavy atom. The van der Waals surface area contributed by atoms with Gasteiger partial charge in [-0.2, -0.15) is 0 Å². The number of esters is 1. The first-order chi connectivity index (χ1) is 23.1. The summed E-state index contributed by atoms with van der Waals surface area (Å²) in [6, 6.07) is 10.4. The van der Waals surface area contributed by atoms with Gasteiger partial charge >= 0.3 is 11.6 Å². The van der Waals surface area contributed by atoms with Crippen LogP contribution in [-0.2, 0) is 27.1 Å². The van der Waals surface area contributed by atoms with Crippen molar-refractivity contribution in [2.24, 2.45) is 0 Å². The Balaban J connectivity index is 1.40. The number of aromatic hydroxyl groups is 2. The monoisotopic (exact) mass is 695 g/mol. The molecular weight excluding hydrogens is 658 g/mol. The molecule has 0 aliphatic carbocycles. The number of benzene rings is 2. The van der Waals surface area contributed by atoms with Crippen molar-refractivity contribution in [3.63, 3.8) is 0 Å². The van der Waals surface area contributed by atoms with Crippen molar-refractivity contribution in [1.82, 2.24) is 4.98 Å². The number of halogens is 1. The number of H-pyrrole nitrogens is 1. The van der Waals surface area contributed by atoms with Gasteiger partial charge in [0.25, 0.3) is 0 Å². The summed E-state index contributed by atoms with van der Waals surface area (Å²) in [6.45, 7) is 8.96. The zero-order chi connectivity index (χ0) is 35.8. The number of methoxy groups -OCH3 is 1. The number of allylic oxidation sites excluding steroid dienone is 2. The molecule has 0 amide bonds. The highest BCUT2D eigenvalue weighted by Crippen LogP contribution is 2.40. The zero-order valence-electron chi connectivity index (χ0n) is 27.8. The molecule has 0 spiro atoms. The van der Waals surface area contributed by atoms with E-state index in [1.165, 1.54) is 31.4 Å². The first kappa shape index (κ1) is 35.7. The number of nitrogens with one attached hydrogen (secondary N) is 1. The fraction of sp³-hybridized carbons (Fsp3) is 0.361. The summed E-state index contributed by atoms with van der Waals surface area (Å²) in [5.74, 6) is -1.74. The predicted molar refractivity (Wildman–Crippen MR) is 180 cm³/mol. The molecule has 0 saturated carbocycles. The van der Waals surface area contributed by atoms with E-state index in [0.29, 0.717) is 12.0 Å². The van der Waals surface area contributed by atoms with E-state index in [2.05, 4.69) is 4.98 Å². The van der Waals surface area contributed by atoms with Gasteiger partial charge in [-0.25, -0.2) is 9.59 Å². The van der Waals surface area contributed by atoms with Gasteiger partial charge in [0.15, 0.2) is 23.6 Å². The minimum atomic E-state index is -1.55. The molecule has 4 atom stereocenters. The molecule has 1 fully saturated rings. The molecule has 49 heavy (non-hydrogen) atoms. The molecule has 2 aromatic carbocycles. The number of hydrogen-bond donors (Lipinski definition) is 4. The van der Waals surface area contributed by atoms with Crippen LogP contribution in [0, 0.1) is 6.92 Å². The molecular formula is C36H38ClNO11. The fourth-order valence-electron chi connectivity index (χ4n) is 5.73. The minimum Gasteiger partial charge on any atom is -0.508 e. The second-order valence-electron chi connectivity index (χ2n) is 12.7. The van der Waals surface area contributed by atoms with Crippen molar-refractivity contribution in [2.45, 2.75) is 77.7 Å². The number of aliphatic hydroxyl groups excluding tert-OH is 1. The number of carbonyl (C=O) groups is 2. The first-order valence-electron chi connectivity index (χ1n) is 15.5. The molecule has 2 aromatic heterocycles. The average molecular weight is 696 g/mol. The van der Waals surface area contributed by atoms with Crippen molar-refractivity contribution < 1.29 is 48.3 Å². The maximum atomic E-state index is 13.2. The lowest BCUT2D eigenvalue weighted by molar-refractivity contribution is -0.305. The van der Waals surface area contributed by atoms with Crippen LogP contribution in [0.4, 0.5) is 0 Å². The number of phenolic OH excluding ortho intramolecular Hbond substituents is 1. The number of Topliss-reactive ketones (excluding diaryl/α,β-unsaturated/α-hetero) is 1. The molecule has 0 radical (unpaired) electrons. The number of aryl methyl sites for hydroxylation is 1. The van der Waals surface area contributed by atoms with Crippen molar-refractivity contribution in [3.8, 4) is 17.2 Å². The number of aliphatic hydroxyl groups is 1. The number of rotatable bonds is 10. The fourth-order valence-corrected chi connectivity index (χ4v) is 5.98. The summed E-state index contributed by atoms with van der Waals surface area (Å²) in [4.78, 5) is 42.1. The van der Waals surface area contributed by atoms with Gasteiger partial charge < -0.3 is 43.7 Å². The van der Waals surface area contributed by atoms with Gasteiger partial charge in [0.2, 0.25) is 6.29 Å². The van der Waals surface area contributed by atoms with Crippen LogP contribution in [0.3, 0.4) is 0 Å². The number of carbonyl (C=O) groups excluding carboxylic acids is 2. The maximum Gasteiger partial charge on any atom is 0.355 e. The number of ether oxygens (including phenoxy) is 4. The number of aromatic amines is 1. The van der Waals surface area contributed by atoms with Gasteiger partial charge in [0.05, 0.1) is 16.6 Å². The quantitative estimate of drug-likeness (QED) is 0.0708. The van der Waals surface area contributed by atoms with Crippen molar-refractivity contribution in [2.75, 3.05) is 7.11 Å². The molecule has 1 aliphatic rings. The molecule has 0 bridgehead atoms. The maximum absolute atomic E-state index is 13.2. The van der Waals surface area contributed by atoms with Gasteiger partial charge in [0.1, 0.15) is 34.1 Å². The van der Waals surface area contributed by atoms with Gasteiger partial charge in [0, 0.05) is 24.8 Å². The Labute approximate surface area is 286 Å². The third-order valence-corrected chi connectivity index (χ3v) is 8.68. The van der Waals surface area contributed by atoms with Crippen molar-refractivity contribution in [1.29, 1.82) is 0 Å². The number of fused-ring (bicyclic) bond motifs is 1. The molecule has 4 aromatic rings. The minimum absolute atomic E-state index is 0.0335. The van der Waals surface area contributed by atoms with Crippen LogP contribution in [0.1, 0.15) is 65.4 Å². The largest absolute Gasteiger partial charge is 0.508 e. The van der Waals surface area contributed by atoms with Crippen LogP contribution < -0.4 is 10.4 Å². The molecule has 260 valence electrons. The first-order valence-corrected chi connectivity index (χ1v) is 15.9. The Hall–Kier alpha value is -4.62. The Morgan fingerprint density at radius 2 is 1.84 bits per heavy atom. The number of hydrogen-bond acceptors (Lipinski definition) is 11. The Bertz CT molecular complexity index is 1990. The van der Waals surface area contributed by atoms with E-state index in [1.54, 1.807) is 39.0 Å². The summed E-state index contributed by atoms with van der Waals surface area (Å²) in [5.41, 5.74) is 0.121. The smallest absolute Gasteiger partial charge is 0.355 e. The second-order valence-corrected chi connectivity index (χ2v) is 13.1.